The number of halogens is 2. The van der Waals surface area contributed by atoms with Crippen LogP contribution in [-0.2, 0) is 0 Å². The second-order valence-electron chi connectivity index (χ2n) is 3.17. The molecule has 0 fully saturated rings. The Kier molecular flexibility index (Phi) is 3.55. The third-order valence-electron chi connectivity index (χ3n) is 2.09. The Morgan fingerprint density at radius 3 is 2.43 bits per heavy atom. The molecule has 0 aromatic heterocycles. The highest BCUT2D eigenvalue weighted by Gasteiger charge is 2.18. The summed E-state index contributed by atoms with van der Waals surface area (Å²) in [5.41, 5.74) is 0.268. The van der Waals surface area contributed by atoms with Gasteiger partial charge in [-0.25, -0.2) is 8.78 Å². The van der Waals surface area contributed by atoms with Crippen LogP contribution in [-0.4, -0.2) is 18.3 Å². The van der Waals surface area contributed by atoms with E-state index < -0.39 is 23.8 Å². The highest BCUT2D eigenvalue weighted by molar-refractivity contribution is 5.22. The first-order valence-corrected chi connectivity index (χ1v) is 4.36. The van der Waals surface area contributed by atoms with Gasteiger partial charge in [0, 0.05) is 11.6 Å². The third-order valence-corrected chi connectivity index (χ3v) is 2.09. The van der Waals surface area contributed by atoms with Gasteiger partial charge in [0.2, 0.25) is 0 Å². The molecular formula is C10H13F2NO. The molecule has 0 aliphatic heterocycles. The number of likely N-dealkylation sites (N-methyl/N-ethyl adjacent to an activating group) is 1. The molecule has 2 atom stereocenters. The zero-order valence-corrected chi connectivity index (χ0v) is 8.09. The van der Waals surface area contributed by atoms with Gasteiger partial charge in [0.15, 0.2) is 0 Å². The van der Waals surface area contributed by atoms with Crippen LogP contribution in [0.15, 0.2) is 18.2 Å². The molecule has 0 spiro atoms. The van der Waals surface area contributed by atoms with Crippen LogP contribution in [0.5, 0.6) is 0 Å². The van der Waals surface area contributed by atoms with Crippen molar-refractivity contribution in [2.45, 2.75) is 19.1 Å². The number of hydrogen-bond donors (Lipinski definition) is 2. The van der Waals surface area contributed by atoms with Gasteiger partial charge in [-0.05, 0) is 20.0 Å². The molecule has 0 radical (unpaired) electrons. The van der Waals surface area contributed by atoms with E-state index in [-0.39, 0.29) is 5.56 Å². The first-order chi connectivity index (χ1) is 6.56. The first kappa shape index (κ1) is 11.1. The second-order valence-corrected chi connectivity index (χ2v) is 3.17. The first-order valence-electron chi connectivity index (χ1n) is 4.36. The van der Waals surface area contributed by atoms with Gasteiger partial charge < -0.3 is 10.4 Å². The summed E-state index contributed by atoms with van der Waals surface area (Å²) < 4.78 is 25.8. The Morgan fingerprint density at radius 2 is 2.00 bits per heavy atom. The molecule has 2 nitrogen and oxygen atoms in total. The number of aliphatic hydroxyl groups is 1. The lowest BCUT2D eigenvalue weighted by molar-refractivity contribution is 0.148. The van der Waals surface area contributed by atoms with Crippen LogP contribution in [0.3, 0.4) is 0 Å². The van der Waals surface area contributed by atoms with Crippen LogP contribution < -0.4 is 5.32 Å². The molecule has 0 aliphatic rings. The smallest absolute Gasteiger partial charge is 0.130 e. The van der Waals surface area contributed by atoms with Gasteiger partial charge in [0.25, 0.3) is 0 Å². The zero-order valence-electron chi connectivity index (χ0n) is 8.09. The minimum atomic E-state index is -0.736. The fourth-order valence-corrected chi connectivity index (χ4v) is 1.41. The van der Waals surface area contributed by atoms with Crippen LogP contribution in [0.4, 0.5) is 8.78 Å². The Bertz CT molecular complexity index is 315. The predicted octanol–water partition coefficient (Wildman–Crippen LogP) is 1.61. The van der Waals surface area contributed by atoms with Crippen molar-refractivity contribution in [1.29, 1.82) is 0 Å². The molecule has 0 heterocycles. The molecular weight excluding hydrogens is 188 g/mol. The van der Waals surface area contributed by atoms with Crippen molar-refractivity contribution in [3.63, 3.8) is 0 Å². The van der Waals surface area contributed by atoms with Crippen molar-refractivity contribution in [2.75, 3.05) is 7.05 Å². The lowest BCUT2D eigenvalue weighted by Gasteiger charge is -2.20. The van der Waals surface area contributed by atoms with E-state index in [4.69, 9.17) is 0 Å². The summed E-state index contributed by atoms with van der Waals surface area (Å²) in [6.45, 7) is 1.55. The summed E-state index contributed by atoms with van der Waals surface area (Å²) >= 11 is 0. The summed E-state index contributed by atoms with van der Waals surface area (Å²) in [5, 5.41) is 12.1. The standard InChI is InChI=1S/C10H13F2NO/c1-6(14)10(13-2)8-4-3-7(11)5-9(8)12/h3-6,10,13-14H,1-2H3. The van der Waals surface area contributed by atoms with Gasteiger partial charge in [-0.2, -0.15) is 0 Å². The molecule has 4 heteroatoms. The Balaban J connectivity index is 3.04. The van der Waals surface area contributed by atoms with Crippen LogP contribution in [0.25, 0.3) is 0 Å². The third kappa shape index (κ3) is 2.27. The van der Waals surface area contributed by atoms with Crippen molar-refractivity contribution in [3.8, 4) is 0 Å². The number of benzene rings is 1. The van der Waals surface area contributed by atoms with Crippen LogP contribution >= 0.6 is 0 Å². The number of nitrogens with one attached hydrogen (secondary N) is 1. The maximum atomic E-state index is 13.3. The van der Waals surface area contributed by atoms with E-state index in [9.17, 15) is 13.9 Å². The summed E-state index contributed by atoms with van der Waals surface area (Å²) in [6, 6.07) is 2.79. The zero-order chi connectivity index (χ0) is 10.7. The van der Waals surface area contributed by atoms with Gasteiger partial charge in [0.05, 0.1) is 12.1 Å². The summed E-state index contributed by atoms with van der Waals surface area (Å²) in [6.07, 6.45) is -0.736. The van der Waals surface area contributed by atoms with E-state index in [1.807, 2.05) is 0 Å². The van der Waals surface area contributed by atoms with E-state index in [0.717, 1.165) is 6.07 Å². The molecule has 1 aromatic carbocycles. The Morgan fingerprint density at radius 1 is 1.36 bits per heavy atom. The van der Waals surface area contributed by atoms with Crippen molar-refractivity contribution >= 4 is 0 Å². The molecule has 78 valence electrons. The molecule has 0 bridgehead atoms. The van der Waals surface area contributed by atoms with Crippen LogP contribution in [0, 0.1) is 11.6 Å². The molecule has 1 aromatic rings. The van der Waals surface area contributed by atoms with E-state index in [0.29, 0.717) is 0 Å². The SMILES string of the molecule is CNC(c1ccc(F)cc1F)C(C)O. The lowest BCUT2D eigenvalue weighted by Crippen LogP contribution is -2.27. The fraction of sp³-hybridized carbons (Fsp3) is 0.400. The average Bonchev–Trinajstić information content (AvgIpc) is 2.09. The molecule has 0 amide bonds. The maximum Gasteiger partial charge on any atom is 0.130 e. The van der Waals surface area contributed by atoms with Crippen molar-refractivity contribution in [2.24, 2.45) is 0 Å². The summed E-state index contributed by atoms with van der Waals surface area (Å²) in [4.78, 5) is 0. The monoisotopic (exact) mass is 201 g/mol. The molecule has 0 saturated carbocycles. The van der Waals surface area contributed by atoms with Crippen LogP contribution in [0.2, 0.25) is 0 Å². The minimum absolute atomic E-state index is 0.268. The van der Waals surface area contributed by atoms with Gasteiger partial charge in [-0.15, -0.1) is 0 Å². The second kappa shape index (κ2) is 4.48. The van der Waals surface area contributed by atoms with E-state index in [1.165, 1.54) is 12.1 Å². The van der Waals surface area contributed by atoms with Crippen molar-refractivity contribution in [3.05, 3.63) is 35.4 Å². The normalized spacial score (nSPS) is 15.2. The minimum Gasteiger partial charge on any atom is -0.391 e. The van der Waals surface area contributed by atoms with E-state index in [2.05, 4.69) is 5.32 Å². The van der Waals surface area contributed by atoms with Crippen LogP contribution in [0.1, 0.15) is 18.5 Å². The number of rotatable bonds is 3. The molecule has 2 unspecified atom stereocenters. The summed E-state index contributed by atoms with van der Waals surface area (Å²) in [7, 11) is 1.61. The van der Waals surface area contributed by atoms with Gasteiger partial charge >= 0.3 is 0 Å². The molecule has 0 saturated heterocycles. The van der Waals surface area contributed by atoms with E-state index in [1.54, 1.807) is 14.0 Å². The van der Waals surface area contributed by atoms with Gasteiger partial charge in [-0.1, -0.05) is 6.07 Å². The Labute approximate surface area is 81.6 Å². The number of hydrogen-bond acceptors (Lipinski definition) is 2. The molecule has 0 aliphatic carbocycles. The lowest BCUT2D eigenvalue weighted by atomic mass is 10.0. The van der Waals surface area contributed by atoms with Gasteiger partial charge in [-0.3, -0.25) is 0 Å². The molecule has 14 heavy (non-hydrogen) atoms. The van der Waals surface area contributed by atoms with E-state index >= 15 is 0 Å². The highest BCUT2D eigenvalue weighted by Crippen LogP contribution is 2.20. The highest BCUT2D eigenvalue weighted by atomic mass is 19.1. The van der Waals surface area contributed by atoms with Crippen molar-refractivity contribution in [1.82, 2.24) is 5.32 Å². The number of aliphatic hydroxyl groups excluding tert-OH is 1. The fourth-order valence-electron chi connectivity index (χ4n) is 1.41. The molecule has 1 rings (SSSR count). The maximum absolute atomic E-state index is 13.3. The average molecular weight is 201 g/mol. The summed E-state index contributed by atoms with van der Waals surface area (Å²) in [5.74, 6) is -1.27. The van der Waals surface area contributed by atoms with Gasteiger partial charge in [0.1, 0.15) is 11.6 Å². The largest absolute Gasteiger partial charge is 0.391 e. The quantitative estimate of drug-likeness (QED) is 0.778. The molecule has 2 N–H and O–H groups in total. The Hall–Kier alpha value is -1.00. The predicted molar refractivity (Wildman–Crippen MR) is 49.8 cm³/mol. The topological polar surface area (TPSA) is 32.3 Å². The van der Waals surface area contributed by atoms with Crippen molar-refractivity contribution < 1.29 is 13.9 Å².